The second kappa shape index (κ2) is 5.86. The first kappa shape index (κ1) is 15.5. The molecule has 0 aromatic heterocycles. The Morgan fingerprint density at radius 2 is 1.90 bits per heavy atom. The average molecular weight is 298 g/mol. The van der Waals surface area contributed by atoms with Crippen molar-refractivity contribution in [2.24, 2.45) is 11.5 Å². The number of carbonyl (C=O) groups excluding carboxylic acids is 3. The Morgan fingerprint density at radius 3 is 2.38 bits per heavy atom. The van der Waals surface area contributed by atoms with Gasteiger partial charge in [-0.15, -0.1) is 0 Å². The molecule has 9 heteroatoms. The minimum atomic E-state index is -1.53. The van der Waals surface area contributed by atoms with Crippen molar-refractivity contribution in [1.82, 2.24) is 21.5 Å². The maximum absolute atomic E-state index is 12.0. The van der Waals surface area contributed by atoms with Gasteiger partial charge in [0.2, 0.25) is 11.6 Å². The monoisotopic (exact) mass is 298 g/mol. The van der Waals surface area contributed by atoms with Gasteiger partial charge >= 0.3 is 6.03 Å². The second-order valence-electron chi connectivity index (χ2n) is 5.55. The van der Waals surface area contributed by atoms with Crippen LogP contribution in [0.1, 0.15) is 38.5 Å². The summed E-state index contributed by atoms with van der Waals surface area (Å²) >= 11 is 0. The van der Waals surface area contributed by atoms with Gasteiger partial charge in [-0.25, -0.2) is 4.79 Å². The summed E-state index contributed by atoms with van der Waals surface area (Å²) < 4.78 is 0. The van der Waals surface area contributed by atoms with Gasteiger partial charge in [0.05, 0.1) is 5.54 Å². The first-order valence-corrected chi connectivity index (χ1v) is 7.12. The van der Waals surface area contributed by atoms with Crippen LogP contribution in [0.3, 0.4) is 0 Å². The predicted molar refractivity (Wildman–Crippen MR) is 74.4 cm³/mol. The molecule has 0 aromatic carbocycles. The van der Waals surface area contributed by atoms with Crippen molar-refractivity contribution in [3.8, 4) is 0 Å². The summed E-state index contributed by atoms with van der Waals surface area (Å²) in [6.07, 6.45) is 3.90. The van der Waals surface area contributed by atoms with Gasteiger partial charge in [-0.3, -0.25) is 15.0 Å². The van der Waals surface area contributed by atoms with Gasteiger partial charge < -0.3 is 22.1 Å². The van der Waals surface area contributed by atoms with E-state index in [4.69, 9.17) is 11.5 Å². The lowest BCUT2D eigenvalue weighted by molar-refractivity contribution is -0.133. The van der Waals surface area contributed by atoms with Gasteiger partial charge in [-0.05, 0) is 12.8 Å². The fourth-order valence-corrected chi connectivity index (χ4v) is 3.19. The Kier molecular flexibility index (Phi) is 4.33. The van der Waals surface area contributed by atoms with Crippen molar-refractivity contribution in [2.75, 3.05) is 6.54 Å². The molecule has 1 unspecified atom stereocenters. The molecule has 0 bridgehead atoms. The number of amides is 4. The molecule has 1 atom stereocenters. The quantitative estimate of drug-likeness (QED) is 0.352. The summed E-state index contributed by atoms with van der Waals surface area (Å²) in [6.45, 7) is 0.212. The van der Waals surface area contributed by atoms with Crippen LogP contribution in [0.15, 0.2) is 0 Å². The molecule has 1 saturated carbocycles. The van der Waals surface area contributed by atoms with Crippen LogP contribution in [0, 0.1) is 0 Å². The van der Waals surface area contributed by atoms with E-state index in [1.807, 2.05) is 0 Å². The number of nitrogens with one attached hydrogen (secondary N) is 4. The van der Waals surface area contributed by atoms with Crippen molar-refractivity contribution < 1.29 is 14.4 Å². The number of hydrogen-bond acceptors (Lipinski definition) is 5. The van der Waals surface area contributed by atoms with Crippen LogP contribution in [0.4, 0.5) is 4.79 Å². The van der Waals surface area contributed by atoms with E-state index in [1.165, 1.54) is 0 Å². The molecule has 1 aliphatic carbocycles. The summed E-state index contributed by atoms with van der Waals surface area (Å²) in [5.74, 6) is -1.00. The van der Waals surface area contributed by atoms with Crippen LogP contribution in [0.2, 0.25) is 0 Å². The third kappa shape index (κ3) is 2.66. The molecule has 0 aromatic rings. The SMILES string of the molecule is NCCC(=O)NC1(C2(C(N)=O)NNC(=O)N2)CCCCC1. The van der Waals surface area contributed by atoms with Crippen molar-refractivity contribution in [2.45, 2.75) is 49.7 Å². The number of rotatable bonds is 5. The number of primary amides is 1. The lowest BCUT2D eigenvalue weighted by Gasteiger charge is -2.48. The predicted octanol–water partition coefficient (Wildman–Crippen LogP) is -1.85. The molecule has 4 amide bonds. The third-order valence-electron chi connectivity index (χ3n) is 4.21. The van der Waals surface area contributed by atoms with Crippen LogP contribution in [-0.2, 0) is 9.59 Å². The minimum Gasteiger partial charge on any atom is -0.366 e. The zero-order valence-corrected chi connectivity index (χ0v) is 11.8. The van der Waals surface area contributed by atoms with Crippen LogP contribution in [0.25, 0.3) is 0 Å². The Bertz CT molecular complexity index is 448. The number of hydrazine groups is 1. The highest BCUT2D eigenvalue weighted by molar-refractivity contribution is 5.94. The Balaban J connectivity index is 2.35. The molecular weight excluding hydrogens is 276 g/mol. The van der Waals surface area contributed by atoms with Crippen LogP contribution >= 0.6 is 0 Å². The van der Waals surface area contributed by atoms with E-state index in [-0.39, 0.29) is 18.9 Å². The van der Waals surface area contributed by atoms with Crippen LogP contribution in [-0.4, -0.2) is 35.6 Å². The van der Waals surface area contributed by atoms with Crippen LogP contribution in [0.5, 0.6) is 0 Å². The molecule has 21 heavy (non-hydrogen) atoms. The standard InChI is InChI=1S/C12H22N6O3/c13-7-4-8(19)15-11(5-2-1-3-6-11)12(9(14)20)16-10(21)17-18-12/h18H,1-7,13H2,(H2,14,20)(H,15,19)(H2,16,17,21). The van der Waals surface area contributed by atoms with E-state index in [0.29, 0.717) is 12.8 Å². The minimum absolute atomic E-state index is 0.151. The van der Waals surface area contributed by atoms with E-state index in [2.05, 4.69) is 21.5 Å². The first-order chi connectivity index (χ1) is 9.96. The molecule has 118 valence electrons. The van der Waals surface area contributed by atoms with E-state index in [9.17, 15) is 14.4 Å². The van der Waals surface area contributed by atoms with Crippen LogP contribution < -0.4 is 33.0 Å². The van der Waals surface area contributed by atoms with Gasteiger partial charge in [0.25, 0.3) is 5.91 Å². The zero-order valence-electron chi connectivity index (χ0n) is 11.8. The molecular formula is C12H22N6O3. The van der Waals surface area contributed by atoms with E-state index < -0.39 is 23.1 Å². The summed E-state index contributed by atoms with van der Waals surface area (Å²) in [4.78, 5) is 35.6. The molecule has 9 nitrogen and oxygen atoms in total. The van der Waals surface area contributed by atoms with E-state index in [1.54, 1.807) is 0 Å². The fraction of sp³-hybridized carbons (Fsp3) is 0.750. The maximum atomic E-state index is 12.0. The van der Waals surface area contributed by atoms with E-state index in [0.717, 1.165) is 19.3 Å². The fourth-order valence-electron chi connectivity index (χ4n) is 3.19. The Labute approximate surface area is 122 Å². The third-order valence-corrected chi connectivity index (χ3v) is 4.21. The molecule has 2 aliphatic rings. The van der Waals surface area contributed by atoms with Gasteiger partial charge in [0.1, 0.15) is 0 Å². The van der Waals surface area contributed by atoms with Gasteiger partial charge in [-0.2, -0.15) is 5.43 Å². The van der Waals surface area contributed by atoms with Crippen molar-refractivity contribution in [1.29, 1.82) is 0 Å². The first-order valence-electron chi connectivity index (χ1n) is 7.12. The highest BCUT2D eigenvalue weighted by Crippen LogP contribution is 2.36. The number of urea groups is 1. The number of hydrogen-bond donors (Lipinski definition) is 6. The molecule has 0 radical (unpaired) electrons. The maximum Gasteiger partial charge on any atom is 0.331 e. The second-order valence-corrected chi connectivity index (χ2v) is 5.55. The summed E-state index contributed by atoms with van der Waals surface area (Å²) in [6, 6.07) is -0.549. The Morgan fingerprint density at radius 1 is 1.24 bits per heavy atom. The highest BCUT2D eigenvalue weighted by atomic mass is 16.2. The number of carbonyl (C=O) groups is 3. The van der Waals surface area contributed by atoms with Gasteiger partial charge in [-0.1, -0.05) is 19.3 Å². The molecule has 8 N–H and O–H groups in total. The largest absolute Gasteiger partial charge is 0.366 e. The smallest absolute Gasteiger partial charge is 0.331 e. The van der Waals surface area contributed by atoms with Gasteiger partial charge in [0, 0.05) is 13.0 Å². The topological polar surface area (TPSA) is 151 Å². The average Bonchev–Trinajstić information content (AvgIpc) is 2.84. The van der Waals surface area contributed by atoms with E-state index >= 15 is 0 Å². The lowest BCUT2D eigenvalue weighted by Crippen LogP contribution is -2.79. The summed E-state index contributed by atoms with van der Waals surface area (Å²) in [5, 5.41) is 5.42. The molecule has 1 saturated heterocycles. The molecule has 2 fully saturated rings. The number of nitrogens with two attached hydrogens (primary N) is 2. The van der Waals surface area contributed by atoms with Gasteiger partial charge in [0.15, 0.2) is 0 Å². The molecule has 1 aliphatic heterocycles. The zero-order chi connectivity index (χ0) is 15.5. The molecule has 0 spiro atoms. The Hall–Kier alpha value is -1.87. The summed E-state index contributed by atoms with van der Waals surface area (Å²) in [5.41, 5.74) is 13.4. The lowest BCUT2D eigenvalue weighted by atomic mass is 9.72. The molecule has 1 heterocycles. The normalized spacial score (nSPS) is 27.6. The van der Waals surface area contributed by atoms with Crippen molar-refractivity contribution >= 4 is 17.8 Å². The summed E-state index contributed by atoms with van der Waals surface area (Å²) in [7, 11) is 0. The molecule has 2 rings (SSSR count). The van der Waals surface area contributed by atoms with Crippen molar-refractivity contribution in [3.05, 3.63) is 0 Å². The van der Waals surface area contributed by atoms with Crippen molar-refractivity contribution in [3.63, 3.8) is 0 Å². The highest BCUT2D eigenvalue weighted by Gasteiger charge is 2.60.